The van der Waals surface area contributed by atoms with Gasteiger partial charge in [0.15, 0.2) is 0 Å². The van der Waals surface area contributed by atoms with Gasteiger partial charge in [0.1, 0.15) is 0 Å². The van der Waals surface area contributed by atoms with Gasteiger partial charge in [-0.1, -0.05) is 0 Å². The van der Waals surface area contributed by atoms with Crippen LogP contribution in [-0.2, 0) is 0 Å². The van der Waals surface area contributed by atoms with Gasteiger partial charge in [-0.15, -0.1) is 0 Å². The Labute approximate surface area is 43.3 Å². The van der Waals surface area contributed by atoms with Crippen LogP contribution in [0.4, 0.5) is 0 Å². The van der Waals surface area contributed by atoms with Crippen molar-refractivity contribution >= 4 is 25.8 Å². The predicted molar refractivity (Wildman–Crippen MR) is 20.9 cm³/mol. The Morgan fingerprint density at radius 2 is 1.50 bits per heavy atom. The number of rotatable bonds is 0. The molecule has 0 saturated heterocycles. The monoisotopic (exact) mass is 251 g/mol. The fraction of sp³-hybridized carbons (Fsp3) is 1.00. The van der Waals surface area contributed by atoms with Crippen molar-refractivity contribution in [1.82, 2.24) is 0 Å². The van der Waals surface area contributed by atoms with E-state index in [9.17, 15) is 0 Å². The van der Waals surface area contributed by atoms with E-state index in [1.807, 2.05) is 0 Å². The van der Waals surface area contributed by atoms with Gasteiger partial charge in [-0.3, -0.25) is 0 Å². The maximum absolute atomic E-state index is 2.23. The van der Waals surface area contributed by atoms with Crippen LogP contribution in [0, 0.1) is 0 Å². The standard InChI is InChI=1S/C3H7.Pb/c1-3-2;/h3H,1-2H3;. The maximum atomic E-state index is 2.23. The van der Waals surface area contributed by atoms with Crippen LogP contribution in [0.3, 0.4) is 0 Å². The van der Waals surface area contributed by atoms with Gasteiger partial charge in [-0.05, 0) is 0 Å². The van der Waals surface area contributed by atoms with Crippen molar-refractivity contribution in [3.8, 4) is 0 Å². The van der Waals surface area contributed by atoms with Crippen molar-refractivity contribution in [3.63, 3.8) is 0 Å². The minimum atomic E-state index is 0.972. The van der Waals surface area contributed by atoms with E-state index in [-0.39, 0.29) is 0 Å². The molecule has 1 heteroatoms. The fourth-order valence-corrected chi connectivity index (χ4v) is 0. The zero-order valence-electron chi connectivity index (χ0n) is 3.08. The molecule has 0 aliphatic heterocycles. The summed E-state index contributed by atoms with van der Waals surface area (Å²) in [5.74, 6) is 0. The van der Waals surface area contributed by atoms with Gasteiger partial charge in [-0.2, -0.15) is 0 Å². The molecule has 0 N–H and O–H groups in total. The summed E-state index contributed by atoms with van der Waals surface area (Å²) in [4.78, 5) is 0. The molecule has 0 bridgehead atoms. The van der Waals surface area contributed by atoms with Gasteiger partial charge >= 0.3 is 43.1 Å². The van der Waals surface area contributed by atoms with E-state index < -0.39 is 0 Å². The van der Waals surface area contributed by atoms with Gasteiger partial charge in [0.05, 0.1) is 0 Å². The predicted octanol–water partition coefficient (Wildman–Crippen LogP) is 0.983. The summed E-state index contributed by atoms with van der Waals surface area (Å²) in [6, 6.07) is 0. The first-order valence-electron chi connectivity index (χ1n) is 1.44. The Morgan fingerprint density at radius 1 is 1.50 bits per heavy atom. The molecule has 4 heavy (non-hydrogen) atoms. The van der Waals surface area contributed by atoms with E-state index in [0.717, 1.165) is 3.48 Å². The topological polar surface area (TPSA) is 0 Å². The number of hydrogen-bond acceptors (Lipinski definition) is 0. The van der Waals surface area contributed by atoms with Crippen LogP contribution in [0.15, 0.2) is 0 Å². The van der Waals surface area contributed by atoms with Crippen molar-refractivity contribution in [3.05, 3.63) is 0 Å². The molecule has 0 amide bonds. The Morgan fingerprint density at radius 3 is 1.50 bits per heavy atom. The van der Waals surface area contributed by atoms with E-state index in [1.54, 1.807) is 0 Å². The van der Waals surface area contributed by atoms with Gasteiger partial charge < -0.3 is 0 Å². The van der Waals surface area contributed by atoms with Crippen molar-refractivity contribution in [2.75, 3.05) is 0 Å². The molecule has 0 rings (SSSR count). The summed E-state index contributed by atoms with van der Waals surface area (Å²) in [5, 5.41) is 0. The Kier molecular flexibility index (Phi) is 2.68. The molecular formula is C3H7Pb. The normalized spacial score (nSPS) is 9.00. The molecule has 0 nitrogen and oxygen atoms in total. The molecule has 0 aliphatic rings. The second-order valence-electron chi connectivity index (χ2n) is 1.15. The molecule has 0 aliphatic carbocycles. The molecule has 3 radical (unpaired) electrons. The van der Waals surface area contributed by atoms with Crippen LogP contribution in [0.5, 0.6) is 0 Å². The molecular weight excluding hydrogens is 243 g/mol. The summed E-state index contributed by atoms with van der Waals surface area (Å²) in [6.45, 7) is 4.46. The third kappa shape index (κ3) is 12.7. The SMILES string of the molecule is C[CH](C)[Pb]. The molecule has 0 fully saturated rings. The van der Waals surface area contributed by atoms with Crippen molar-refractivity contribution in [2.24, 2.45) is 0 Å². The first kappa shape index (κ1) is 4.92. The molecule has 23 valence electrons. The minimum absolute atomic E-state index is 0.972. The van der Waals surface area contributed by atoms with E-state index >= 15 is 0 Å². The van der Waals surface area contributed by atoms with Crippen LogP contribution < -0.4 is 0 Å². The fourth-order valence-electron chi connectivity index (χ4n) is 0. The van der Waals surface area contributed by atoms with Crippen molar-refractivity contribution in [2.45, 2.75) is 17.3 Å². The van der Waals surface area contributed by atoms with E-state index in [1.165, 1.54) is 25.8 Å². The summed E-state index contributed by atoms with van der Waals surface area (Å²) < 4.78 is 0.972. The van der Waals surface area contributed by atoms with Crippen LogP contribution >= 0.6 is 0 Å². The van der Waals surface area contributed by atoms with Gasteiger partial charge in [0.25, 0.3) is 0 Å². The molecule has 0 atom stereocenters. The summed E-state index contributed by atoms with van der Waals surface area (Å²) >= 11 is 1.35. The summed E-state index contributed by atoms with van der Waals surface area (Å²) in [7, 11) is 0. The Bertz CT molecular complexity index is 8.00. The quantitative estimate of drug-likeness (QED) is 0.562. The molecule has 0 unspecified atom stereocenters. The zero-order valence-corrected chi connectivity index (χ0v) is 6.96. The second-order valence-corrected chi connectivity index (χ2v) is 5.64. The first-order chi connectivity index (χ1) is 1.73. The molecule has 0 aromatic rings. The second kappa shape index (κ2) is 2.18. The Hall–Kier alpha value is 0.922. The Balaban J connectivity index is 2.32. The molecule has 0 aromatic carbocycles. The molecule has 0 aromatic heterocycles. The average molecular weight is 250 g/mol. The summed E-state index contributed by atoms with van der Waals surface area (Å²) in [5.41, 5.74) is 0. The van der Waals surface area contributed by atoms with Gasteiger partial charge in [-0.25, -0.2) is 0 Å². The van der Waals surface area contributed by atoms with Gasteiger partial charge in [0.2, 0.25) is 0 Å². The molecule has 0 spiro atoms. The van der Waals surface area contributed by atoms with E-state index in [4.69, 9.17) is 0 Å². The first-order valence-corrected chi connectivity index (χ1v) is 3.69. The van der Waals surface area contributed by atoms with Crippen molar-refractivity contribution in [1.29, 1.82) is 0 Å². The van der Waals surface area contributed by atoms with E-state index in [2.05, 4.69) is 13.8 Å². The van der Waals surface area contributed by atoms with E-state index in [0.29, 0.717) is 0 Å². The molecule has 0 heterocycles. The average Bonchev–Trinajstić information content (AvgIpc) is 0.811. The summed E-state index contributed by atoms with van der Waals surface area (Å²) in [6.07, 6.45) is 0. The van der Waals surface area contributed by atoms with Crippen LogP contribution in [0.2, 0.25) is 3.48 Å². The van der Waals surface area contributed by atoms with Crippen LogP contribution in [-0.4, -0.2) is 25.8 Å². The third-order valence-corrected chi connectivity index (χ3v) is 0. The van der Waals surface area contributed by atoms with Gasteiger partial charge in [0, 0.05) is 0 Å². The molecule has 0 saturated carbocycles. The van der Waals surface area contributed by atoms with Crippen LogP contribution in [0.25, 0.3) is 0 Å². The number of hydrogen-bond donors (Lipinski definition) is 0. The van der Waals surface area contributed by atoms with Crippen LogP contribution in [0.1, 0.15) is 13.8 Å². The van der Waals surface area contributed by atoms with Crippen molar-refractivity contribution < 1.29 is 0 Å². The zero-order chi connectivity index (χ0) is 3.58. The third-order valence-electron chi connectivity index (χ3n) is 0.